The summed E-state index contributed by atoms with van der Waals surface area (Å²) >= 11 is 11.1. The summed E-state index contributed by atoms with van der Waals surface area (Å²) in [5.74, 6) is 0. The second-order valence-electron chi connectivity index (χ2n) is 3.97. The SMILES string of the molecule is Cc1cc(C)c(C(O)c2cc(Br)ccc2Cl)s1. The molecule has 17 heavy (non-hydrogen) atoms. The van der Waals surface area contributed by atoms with E-state index in [0.717, 1.165) is 20.5 Å². The number of hydrogen-bond acceptors (Lipinski definition) is 2. The maximum atomic E-state index is 10.4. The molecule has 1 N–H and O–H groups in total. The third-order valence-corrected chi connectivity index (χ3v) is 4.62. The second-order valence-corrected chi connectivity index (χ2v) is 6.58. The van der Waals surface area contributed by atoms with Crippen molar-refractivity contribution >= 4 is 38.9 Å². The first-order chi connectivity index (χ1) is 7.99. The minimum absolute atomic E-state index is 0.589. The fourth-order valence-electron chi connectivity index (χ4n) is 1.80. The average molecular weight is 332 g/mol. The molecule has 0 radical (unpaired) electrons. The van der Waals surface area contributed by atoms with E-state index in [9.17, 15) is 5.11 Å². The first-order valence-electron chi connectivity index (χ1n) is 5.19. The number of aliphatic hydroxyl groups is 1. The molecule has 0 saturated heterocycles. The van der Waals surface area contributed by atoms with E-state index in [1.807, 2.05) is 26.0 Å². The molecule has 0 aliphatic heterocycles. The molecular formula is C13H12BrClOS. The zero-order valence-corrected chi connectivity index (χ0v) is 12.7. The van der Waals surface area contributed by atoms with Gasteiger partial charge in [0.25, 0.3) is 0 Å². The van der Waals surface area contributed by atoms with Crippen molar-refractivity contribution < 1.29 is 5.11 Å². The molecule has 1 unspecified atom stereocenters. The monoisotopic (exact) mass is 330 g/mol. The Labute approximate surface area is 118 Å². The molecule has 90 valence electrons. The predicted molar refractivity (Wildman–Crippen MR) is 77.0 cm³/mol. The molecule has 1 aromatic heterocycles. The van der Waals surface area contributed by atoms with E-state index >= 15 is 0 Å². The molecule has 4 heteroatoms. The number of rotatable bonds is 2. The van der Waals surface area contributed by atoms with Gasteiger partial charge in [-0.1, -0.05) is 27.5 Å². The van der Waals surface area contributed by atoms with Crippen molar-refractivity contribution in [2.75, 3.05) is 0 Å². The van der Waals surface area contributed by atoms with Crippen molar-refractivity contribution in [3.8, 4) is 0 Å². The molecule has 0 spiro atoms. The Hall–Kier alpha value is -0.350. The molecule has 0 aliphatic rings. The van der Waals surface area contributed by atoms with E-state index in [4.69, 9.17) is 11.6 Å². The molecule has 0 aliphatic carbocycles. The maximum Gasteiger partial charge on any atom is 0.115 e. The number of hydrogen-bond donors (Lipinski definition) is 1. The van der Waals surface area contributed by atoms with Gasteiger partial charge in [0.15, 0.2) is 0 Å². The van der Waals surface area contributed by atoms with Gasteiger partial charge in [-0.05, 0) is 43.7 Å². The second kappa shape index (κ2) is 5.11. The van der Waals surface area contributed by atoms with Crippen molar-refractivity contribution in [2.45, 2.75) is 20.0 Å². The fourth-order valence-corrected chi connectivity index (χ4v) is 3.44. The first kappa shape index (κ1) is 13.1. The first-order valence-corrected chi connectivity index (χ1v) is 7.17. The highest BCUT2D eigenvalue weighted by atomic mass is 79.9. The minimum Gasteiger partial charge on any atom is -0.383 e. The van der Waals surface area contributed by atoms with Crippen LogP contribution in [0.15, 0.2) is 28.7 Å². The van der Waals surface area contributed by atoms with Crippen molar-refractivity contribution in [1.82, 2.24) is 0 Å². The summed E-state index contributed by atoms with van der Waals surface area (Å²) in [5, 5.41) is 11.0. The van der Waals surface area contributed by atoms with Gasteiger partial charge in [-0.25, -0.2) is 0 Å². The van der Waals surface area contributed by atoms with Gasteiger partial charge in [-0.2, -0.15) is 0 Å². The van der Waals surface area contributed by atoms with Crippen LogP contribution in [0.4, 0.5) is 0 Å². The molecular weight excluding hydrogens is 320 g/mol. The molecule has 0 fully saturated rings. The smallest absolute Gasteiger partial charge is 0.115 e. The van der Waals surface area contributed by atoms with Gasteiger partial charge in [0.2, 0.25) is 0 Å². The van der Waals surface area contributed by atoms with Crippen LogP contribution in [0.5, 0.6) is 0 Å². The predicted octanol–water partition coefficient (Wildman–Crippen LogP) is 4.86. The summed E-state index contributed by atoms with van der Waals surface area (Å²) < 4.78 is 0.918. The van der Waals surface area contributed by atoms with Crippen LogP contribution in [-0.2, 0) is 0 Å². The summed E-state index contributed by atoms with van der Waals surface area (Å²) in [7, 11) is 0. The number of benzene rings is 1. The van der Waals surface area contributed by atoms with Crippen LogP contribution >= 0.6 is 38.9 Å². The van der Waals surface area contributed by atoms with Gasteiger partial charge in [0.05, 0.1) is 0 Å². The van der Waals surface area contributed by atoms with Crippen LogP contribution in [-0.4, -0.2) is 5.11 Å². The van der Waals surface area contributed by atoms with Crippen molar-refractivity contribution in [3.63, 3.8) is 0 Å². The standard InChI is InChI=1S/C13H12BrClOS/c1-7-5-8(2)17-13(7)12(16)10-6-9(14)3-4-11(10)15/h3-6,12,16H,1-2H3. The third-order valence-electron chi connectivity index (χ3n) is 2.58. The summed E-state index contributed by atoms with van der Waals surface area (Å²) in [6.45, 7) is 4.05. The van der Waals surface area contributed by atoms with Crippen molar-refractivity contribution in [2.24, 2.45) is 0 Å². The Kier molecular flexibility index (Phi) is 3.93. The molecule has 1 atom stereocenters. The molecule has 0 saturated carbocycles. The molecule has 1 nitrogen and oxygen atoms in total. The molecule has 0 bridgehead atoms. The van der Waals surface area contributed by atoms with E-state index in [2.05, 4.69) is 22.0 Å². The van der Waals surface area contributed by atoms with E-state index in [1.165, 1.54) is 4.88 Å². The zero-order chi connectivity index (χ0) is 12.6. The molecule has 2 rings (SSSR count). The summed E-state index contributed by atoms with van der Waals surface area (Å²) in [6, 6.07) is 7.60. The quantitative estimate of drug-likeness (QED) is 0.833. The molecule has 2 aromatic rings. The van der Waals surface area contributed by atoms with Crippen LogP contribution in [0.2, 0.25) is 5.02 Å². The molecule has 1 aromatic carbocycles. The highest BCUT2D eigenvalue weighted by molar-refractivity contribution is 9.10. The number of aliphatic hydroxyl groups excluding tert-OH is 1. The Morgan fingerprint density at radius 2 is 2.00 bits per heavy atom. The lowest BCUT2D eigenvalue weighted by Gasteiger charge is -2.12. The lowest BCUT2D eigenvalue weighted by molar-refractivity contribution is 0.223. The van der Waals surface area contributed by atoms with Crippen LogP contribution in [0.1, 0.15) is 27.0 Å². The van der Waals surface area contributed by atoms with E-state index in [1.54, 1.807) is 17.4 Å². The van der Waals surface area contributed by atoms with Crippen LogP contribution < -0.4 is 0 Å². The van der Waals surface area contributed by atoms with Gasteiger partial charge >= 0.3 is 0 Å². The lowest BCUT2D eigenvalue weighted by atomic mass is 10.1. The van der Waals surface area contributed by atoms with Gasteiger partial charge in [0.1, 0.15) is 6.10 Å². The van der Waals surface area contributed by atoms with Gasteiger partial charge in [-0.3, -0.25) is 0 Å². The molecule has 0 amide bonds. The van der Waals surface area contributed by atoms with Gasteiger partial charge < -0.3 is 5.11 Å². The zero-order valence-electron chi connectivity index (χ0n) is 9.50. The van der Waals surface area contributed by atoms with E-state index < -0.39 is 6.10 Å². The van der Waals surface area contributed by atoms with Crippen LogP contribution in [0, 0.1) is 13.8 Å². The minimum atomic E-state index is -0.654. The Balaban J connectivity index is 2.46. The van der Waals surface area contributed by atoms with Crippen molar-refractivity contribution in [1.29, 1.82) is 0 Å². The van der Waals surface area contributed by atoms with E-state index in [-0.39, 0.29) is 0 Å². The van der Waals surface area contributed by atoms with E-state index in [0.29, 0.717) is 5.02 Å². The van der Waals surface area contributed by atoms with Crippen LogP contribution in [0.3, 0.4) is 0 Å². The summed E-state index contributed by atoms with van der Waals surface area (Å²) in [6.07, 6.45) is -0.654. The topological polar surface area (TPSA) is 20.2 Å². The lowest BCUT2D eigenvalue weighted by Crippen LogP contribution is -1.99. The Bertz CT molecular complexity index is 550. The van der Waals surface area contributed by atoms with Crippen LogP contribution in [0.25, 0.3) is 0 Å². The van der Waals surface area contributed by atoms with Gasteiger partial charge in [0, 0.05) is 24.8 Å². The van der Waals surface area contributed by atoms with Gasteiger partial charge in [-0.15, -0.1) is 11.3 Å². The Morgan fingerprint density at radius 3 is 2.59 bits per heavy atom. The highest BCUT2D eigenvalue weighted by Crippen LogP contribution is 2.35. The summed E-state index contributed by atoms with van der Waals surface area (Å²) in [4.78, 5) is 2.16. The normalized spacial score (nSPS) is 12.8. The number of halogens is 2. The van der Waals surface area contributed by atoms with Crippen molar-refractivity contribution in [3.05, 3.63) is 54.6 Å². The summed E-state index contributed by atoms with van der Waals surface area (Å²) in [5.41, 5.74) is 1.85. The average Bonchev–Trinajstić information content (AvgIpc) is 2.60. The Morgan fingerprint density at radius 1 is 1.29 bits per heavy atom. The largest absolute Gasteiger partial charge is 0.383 e. The molecule has 1 heterocycles. The number of thiophene rings is 1. The third kappa shape index (κ3) is 2.74. The highest BCUT2D eigenvalue weighted by Gasteiger charge is 2.18. The fraction of sp³-hybridized carbons (Fsp3) is 0.231. The number of aryl methyl sites for hydroxylation is 2. The maximum absolute atomic E-state index is 10.4.